The highest BCUT2D eigenvalue weighted by Gasteiger charge is 2.17. The molecule has 0 aliphatic heterocycles. The first-order chi connectivity index (χ1) is 10.2. The molecule has 0 atom stereocenters. The monoisotopic (exact) mass is 277 g/mol. The molecule has 3 rings (SSSR count). The van der Waals surface area contributed by atoms with Gasteiger partial charge in [-0.05, 0) is 41.8 Å². The Labute approximate surface area is 121 Å². The lowest BCUT2D eigenvalue weighted by Crippen LogP contribution is -2.10. The predicted molar refractivity (Wildman–Crippen MR) is 77.4 cm³/mol. The predicted octanol–water partition coefficient (Wildman–Crippen LogP) is 2.59. The number of nitriles is 1. The molecule has 2 aromatic rings. The van der Waals surface area contributed by atoms with Crippen LogP contribution in [0.5, 0.6) is 5.75 Å². The van der Waals surface area contributed by atoms with E-state index in [2.05, 4.69) is 10.3 Å². The number of benzene rings is 1. The Morgan fingerprint density at radius 2 is 2.05 bits per heavy atom. The van der Waals surface area contributed by atoms with Crippen LogP contribution in [0.4, 0.5) is 5.82 Å². The minimum atomic E-state index is -0.136. The van der Waals surface area contributed by atoms with Crippen molar-refractivity contribution in [3.63, 3.8) is 0 Å². The van der Waals surface area contributed by atoms with E-state index in [-0.39, 0.29) is 17.2 Å². The second-order valence-corrected chi connectivity index (χ2v) is 4.66. The van der Waals surface area contributed by atoms with Gasteiger partial charge < -0.3 is 10.4 Å². The van der Waals surface area contributed by atoms with Crippen molar-refractivity contribution in [2.75, 3.05) is 5.32 Å². The van der Waals surface area contributed by atoms with Gasteiger partial charge in [-0.1, -0.05) is 12.1 Å². The summed E-state index contributed by atoms with van der Waals surface area (Å²) < 4.78 is 0. The normalized spacial score (nSPS) is 12.2. The fourth-order valence-corrected chi connectivity index (χ4v) is 1.92. The molecule has 2 N–H and O–H groups in total. The SMILES string of the molecule is N#Cc1cc(-c2ccnc(NC(=O)C3=CC3)c2)ccc1O. The minimum absolute atomic E-state index is 0.0514. The molecular weight excluding hydrogens is 266 g/mol. The van der Waals surface area contributed by atoms with Crippen molar-refractivity contribution in [1.29, 1.82) is 5.26 Å². The lowest BCUT2D eigenvalue weighted by atomic mass is 10.0. The standard InChI is InChI=1S/C16H11N3O2/c17-9-13-7-11(3-4-14(13)20)12-5-6-18-15(8-12)19-16(21)10-1-2-10/h1,3-8,20H,2H2,(H,18,19,21). The zero-order valence-electron chi connectivity index (χ0n) is 11.0. The van der Waals surface area contributed by atoms with E-state index in [4.69, 9.17) is 5.26 Å². The van der Waals surface area contributed by atoms with Crippen molar-refractivity contribution in [2.24, 2.45) is 0 Å². The number of aromatic nitrogens is 1. The molecule has 5 nitrogen and oxygen atoms in total. The highest BCUT2D eigenvalue weighted by molar-refractivity contribution is 6.06. The van der Waals surface area contributed by atoms with Gasteiger partial charge in [-0.2, -0.15) is 5.26 Å². The molecule has 21 heavy (non-hydrogen) atoms. The van der Waals surface area contributed by atoms with Crippen molar-refractivity contribution in [1.82, 2.24) is 4.98 Å². The van der Waals surface area contributed by atoms with Crippen molar-refractivity contribution in [3.05, 3.63) is 53.7 Å². The van der Waals surface area contributed by atoms with E-state index in [0.29, 0.717) is 5.82 Å². The van der Waals surface area contributed by atoms with Gasteiger partial charge in [0, 0.05) is 11.8 Å². The van der Waals surface area contributed by atoms with Crippen LogP contribution >= 0.6 is 0 Å². The van der Waals surface area contributed by atoms with E-state index >= 15 is 0 Å². The van der Waals surface area contributed by atoms with Crippen LogP contribution < -0.4 is 5.32 Å². The smallest absolute Gasteiger partial charge is 0.252 e. The third-order valence-electron chi connectivity index (χ3n) is 3.15. The number of carbonyl (C=O) groups is 1. The number of nitrogens with zero attached hydrogens (tertiary/aromatic N) is 2. The third-order valence-corrected chi connectivity index (χ3v) is 3.15. The zero-order valence-corrected chi connectivity index (χ0v) is 11.0. The number of phenols is 1. The lowest BCUT2D eigenvalue weighted by Gasteiger charge is -2.06. The number of nitrogens with one attached hydrogen (secondary N) is 1. The van der Waals surface area contributed by atoms with Gasteiger partial charge in [0.15, 0.2) is 0 Å². The Bertz CT molecular complexity index is 803. The maximum atomic E-state index is 11.7. The van der Waals surface area contributed by atoms with Crippen LogP contribution in [-0.4, -0.2) is 16.0 Å². The molecule has 5 heteroatoms. The second-order valence-electron chi connectivity index (χ2n) is 4.66. The molecule has 0 unspecified atom stereocenters. The van der Waals surface area contributed by atoms with Crippen molar-refractivity contribution < 1.29 is 9.90 Å². The van der Waals surface area contributed by atoms with Gasteiger partial charge in [0.25, 0.3) is 5.91 Å². The molecule has 102 valence electrons. The number of allylic oxidation sites excluding steroid dienone is 1. The average molecular weight is 277 g/mol. The number of hydrogen-bond donors (Lipinski definition) is 2. The summed E-state index contributed by atoms with van der Waals surface area (Å²) in [4.78, 5) is 15.8. The van der Waals surface area contributed by atoms with Crippen LogP contribution in [0.2, 0.25) is 0 Å². The van der Waals surface area contributed by atoms with Gasteiger partial charge in [-0.15, -0.1) is 0 Å². The molecule has 1 amide bonds. The third kappa shape index (κ3) is 2.74. The number of pyridine rings is 1. The first kappa shape index (κ1) is 12.9. The van der Waals surface area contributed by atoms with E-state index in [0.717, 1.165) is 23.1 Å². The van der Waals surface area contributed by atoms with Crippen molar-refractivity contribution >= 4 is 11.7 Å². The molecule has 0 fully saturated rings. The van der Waals surface area contributed by atoms with E-state index < -0.39 is 0 Å². The summed E-state index contributed by atoms with van der Waals surface area (Å²) in [7, 11) is 0. The Hall–Kier alpha value is -3.13. The summed E-state index contributed by atoms with van der Waals surface area (Å²) in [5.74, 6) is 0.268. The van der Waals surface area contributed by atoms with E-state index in [1.807, 2.05) is 12.1 Å². The first-order valence-corrected chi connectivity index (χ1v) is 6.37. The molecule has 1 aliphatic rings. The number of amides is 1. The number of carbonyl (C=O) groups excluding carboxylic acids is 1. The maximum Gasteiger partial charge on any atom is 0.252 e. The largest absolute Gasteiger partial charge is 0.507 e. The highest BCUT2D eigenvalue weighted by Crippen LogP contribution is 2.27. The van der Waals surface area contributed by atoms with Crippen LogP contribution in [0.3, 0.4) is 0 Å². The fraction of sp³-hybridized carbons (Fsp3) is 0.0625. The van der Waals surface area contributed by atoms with Crippen molar-refractivity contribution in [3.8, 4) is 22.9 Å². The lowest BCUT2D eigenvalue weighted by molar-refractivity contribution is -0.112. The molecule has 1 aliphatic carbocycles. The summed E-state index contributed by atoms with van der Waals surface area (Å²) in [6, 6.07) is 10.2. The molecule has 0 saturated heterocycles. The number of aromatic hydroxyl groups is 1. The van der Waals surface area contributed by atoms with Gasteiger partial charge in [-0.3, -0.25) is 4.79 Å². The second kappa shape index (κ2) is 5.10. The Balaban J connectivity index is 1.90. The molecule has 0 bridgehead atoms. The molecule has 0 saturated carbocycles. The number of anilines is 1. The highest BCUT2D eigenvalue weighted by atomic mass is 16.3. The van der Waals surface area contributed by atoms with Crippen LogP contribution in [0.25, 0.3) is 11.1 Å². The van der Waals surface area contributed by atoms with Gasteiger partial charge in [0.1, 0.15) is 17.6 Å². The molecule has 1 aromatic heterocycles. The van der Waals surface area contributed by atoms with Crippen LogP contribution in [0, 0.1) is 11.3 Å². The van der Waals surface area contributed by atoms with E-state index in [1.54, 1.807) is 30.5 Å². The number of rotatable bonds is 3. The Morgan fingerprint density at radius 3 is 2.76 bits per heavy atom. The maximum absolute atomic E-state index is 11.7. The fourth-order valence-electron chi connectivity index (χ4n) is 1.92. The molecule has 0 radical (unpaired) electrons. The topological polar surface area (TPSA) is 86.0 Å². The van der Waals surface area contributed by atoms with Gasteiger partial charge >= 0.3 is 0 Å². The quantitative estimate of drug-likeness (QED) is 0.902. The molecule has 0 spiro atoms. The Kier molecular flexibility index (Phi) is 3.13. The Morgan fingerprint density at radius 1 is 1.29 bits per heavy atom. The van der Waals surface area contributed by atoms with Gasteiger partial charge in [0.05, 0.1) is 5.56 Å². The first-order valence-electron chi connectivity index (χ1n) is 6.37. The van der Waals surface area contributed by atoms with Crippen LogP contribution in [0.15, 0.2) is 48.2 Å². The van der Waals surface area contributed by atoms with Gasteiger partial charge in [0.2, 0.25) is 0 Å². The summed E-state index contributed by atoms with van der Waals surface area (Å²) in [5, 5.41) is 21.2. The summed E-state index contributed by atoms with van der Waals surface area (Å²) in [6.45, 7) is 0. The van der Waals surface area contributed by atoms with E-state index in [1.165, 1.54) is 6.07 Å². The number of hydrogen-bond acceptors (Lipinski definition) is 4. The zero-order chi connectivity index (χ0) is 14.8. The number of phenolic OH excluding ortho intramolecular Hbond substituents is 1. The summed E-state index contributed by atoms with van der Waals surface area (Å²) in [6.07, 6.45) is 4.17. The van der Waals surface area contributed by atoms with E-state index in [9.17, 15) is 9.90 Å². The molecule has 1 heterocycles. The van der Waals surface area contributed by atoms with Gasteiger partial charge in [-0.25, -0.2) is 4.98 Å². The average Bonchev–Trinajstić information content (AvgIpc) is 3.33. The summed E-state index contributed by atoms with van der Waals surface area (Å²) >= 11 is 0. The summed E-state index contributed by atoms with van der Waals surface area (Å²) in [5.41, 5.74) is 2.55. The molecular formula is C16H11N3O2. The van der Waals surface area contributed by atoms with Crippen LogP contribution in [-0.2, 0) is 4.79 Å². The molecule has 1 aromatic carbocycles. The van der Waals surface area contributed by atoms with Crippen molar-refractivity contribution in [2.45, 2.75) is 6.42 Å². The minimum Gasteiger partial charge on any atom is -0.507 e. The van der Waals surface area contributed by atoms with Crippen LogP contribution in [0.1, 0.15) is 12.0 Å².